The lowest BCUT2D eigenvalue weighted by atomic mass is 9.78. The molecule has 0 spiro atoms. The smallest absolute Gasteiger partial charge is 0.151 e. The van der Waals surface area contributed by atoms with Crippen LogP contribution in [-0.4, -0.2) is 20.7 Å². The molecule has 0 bridgehead atoms. The predicted octanol–water partition coefficient (Wildman–Crippen LogP) is 3.15. The summed E-state index contributed by atoms with van der Waals surface area (Å²) in [7, 11) is -2.99. The Morgan fingerprint density at radius 2 is 1.81 bits per heavy atom. The fourth-order valence-corrected chi connectivity index (χ4v) is 4.11. The Bertz CT molecular complexity index is 568. The molecule has 0 aromatic heterocycles. The summed E-state index contributed by atoms with van der Waals surface area (Å²) in [6.07, 6.45) is 5.13. The average molecular weight is 309 g/mol. The lowest BCUT2D eigenvalue weighted by Crippen LogP contribution is -2.40. The van der Waals surface area contributed by atoms with Crippen LogP contribution in [0.15, 0.2) is 24.3 Å². The highest BCUT2D eigenvalue weighted by atomic mass is 32.2. The number of rotatable bonds is 5. The molecule has 0 radical (unpaired) electrons. The third kappa shape index (κ3) is 4.82. The van der Waals surface area contributed by atoms with Crippen LogP contribution >= 0.6 is 0 Å². The Balaban J connectivity index is 2.03. The second kappa shape index (κ2) is 6.93. The molecule has 2 rings (SSSR count). The molecule has 4 heteroatoms. The van der Waals surface area contributed by atoms with E-state index in [2.05, 4.69) is 19.2 Å². The molecule has 0 unspecified atom stereocenters. The van der Waals surface area contributed by atoms with E-state index in [1.807, 2.05) is 24.3 Å². The maximum absolute atomic E-state index is 11.5. The van der Waals surface area contributed by atoms with Crippen LogP contribution in [0.25, 0.3) is 0 Å². The summed E-state index contributed by atoms with van der Waals surface area (Å²) in [6, 6.07) is 8.39. The number of nitrogens with one attached hydrogen (secondary N) is 1. The van der Waals surface area contributed by atoms with E-state index in [0.29, 0.717) is 12.0 Å². The highest BCUT2D eigenvalue weighted by molar-refractivity contribution is 7.89. The van der Waals surface area contributed by atoms with E-state index in [9.17, 15) is 8.42 Å². The van der Waals surface area contributed by atoms with Gasteiger partial charge in [0.2, 0.25) is 0 Å². The van der Waals surface area contributed by atoms with E-state index < -0.39 is 9.84 Å². The molecule has 118 valence electrons. The van der Waals surface area contributed by atoms with Gasteiger partial charge < -0.3 is 5.32 Å². The summed E-state index contributed by atoms with van der Waals surface area (Å²) in [5.74, 6) is 1.57. The molecule has 1 aromatic carbocycles. The first-order valence-corrected chi connectivity index (χ1v) is 9.91. The molecule has 1 N–H and O–H groups in total. The highest BCUT2D eigenvalue weighted by Crippen LogP contribution is 2.29. The maximum Gasteiger partial charge on any atom is 0.151 e. The van der Waals surface area contributed by atoms with Crippen LogP contribution < -0.4 is 5.32 Å². The van der Waals surface area contributed by atoms with Crippen molar-refractivity contribution in [3.8, 4) is 0 Å². The van der Waals surface area contributed by atoms with Gasteiger partial charge in [-0.15, -0.1) is 0 Å². The monoisotopic (exact) mass is 309 g/mol. The first kappa shape index (κ1) is 16.5. The van der Waals surface area contributed by atoms with Gasteiger partial charge in [-0.1, -0.05) is 51.0 Å². The van der Waals surface area contributed by atoms with Gasteiger partial charge >= 0.3 is 0 Å². The van der Waals surface area contributed by atoms with E-state index in [-0.39, 0.29) is 5.75 Å². The number of sulfone groups is 1. The molecule has 1 aliphatic carbocycles. The largest absolute Gasteiger partial charge is 0.310 e. The molecule has 0 amide bonds. The van der Waals surface area contributed by atoms with Crippen LogP contribution in [0.5, 0.6) is 0 Å². The summed E-state index contributed by atoms with van der Waals surface area (Å²) in [5.41, 5.74) is 2.03. The molecule has 1 aromatic rings. The topological polar surface area (TPSA) is 46.2 Å². The van der Waals surface area contributed by atoms with E-state index >= 15 is 0 Å². The predicted molar refractivity (Wildman–Crippen MR) is 87.8 cm³/mol. The molecule has 3 atom stereocenters. The van der Waals surface area contributed by atoms with Gasteiger partial charge in [0.1, 0.15) is 0 Å². The minimum absolute atomic E-state index is 0.126. The Morgan fingerprint density at radius 3 is 2.48 bits per heavy atom. The third-order valence-electron chi connectivity index (χ3n) is 4.80. The SMILES string of the molecule is C[C@H]1[C@H](C)CCC[C@H]1NCc1ccccc1CS(C)(=O)=O. The molecule has 21 heavy (non-hydrogen) atoms. The minimum Gasteiger partial charge on any atom is -0.310 e. The van der Waals surface area contributed by atoms with Crippen LogP contribution in [0.2, 0.25) is 0 Å². The number of benzene rings is 1. The summed E-state index contributed by atoms with van der Waals surface area (Å²) in [4.78, 5) is 0. The minimum atomic E-state index is -2.99. The molecule has 0 saturated heterocycles. The lowest BCUT2D eigenvalue weighted by Gasteiger charge is -2.35. The Hall–Kier alpha value is -0.870. The average Bonchev–Trinajstić information content (AvgIpc) is 2.40. The zero-order chi connectivity index (χ0) is 15.5. The van der Waals surface area contributed by atoms with Crippen molar-refractivity contribution in [2.75, 3.05) is 6.26 Å². The van der Waals surface area contributed by atoms with E-state index in [1.54, 1.807) is 0 Å². The maximum atomic E-state index is 11.5. The molecule has 1 saturated carbocycles. The fourth-order valence-electron chi connectivity index (χ4n) is 3.26. The van der Waals surface area contributed by atoms with Crippen molar-refractivity contribution in [2.45, 2.75) is 51.4 Å². The molecule has 0 heterocycles. The fraction of sp³-hybridized carbons (Fsp3) is 0.647. The van der Waals surface area contributed by atoms with E-state index in [0.717, 1.165) is 23.6 Å². The van der Waals surface area contributed by atoms with Crippen LogP contribution in [0.3, 0.4) is 0 Å². The normalized spacial score (nSPS) is 26.7. The van der Waals surface area contributed by atoms with Crippen molar-refractivity contribution < 1.29 is 8.42 Å². The van der Waals surface area contributed by atoms with Crippen molar-refractivity contribution in [3.05, 3.63) is 35.4 Å². The zero-order valence-corrected chi connectivity index (χ0v) is 14.1. The molecule has 1 fully saturated rings. The van der Waals surface area contributed by atoms with Crippen molar-refractivity contribution in [3.63, 3.8) is 0 Å². The van der Waals surface area contributed by atoms with Crippen molar-refractivity contribution >= 4 is 9.84 Å². The Labute approximate surface area is 129 Å². The highest BCUT2D eigenvalue weighted by Gasteiger charge is 2.26. The summed E-state index contributed by atoms with van der Waals surface area (Å²) < 4.78 is 23.1. The third-order valence-corrected chi connectivity index (χ3v) is 5.63. The molecule has 1 aliphatic rings. The van der Waals surface area contributed by atoms with Gasteiger partial charge in [-0.05, 0) is 29.4 Å². The zero-order valence-electron chi connectivity index (χ0n) is 13.3. The lowest BCUT2D eigenvalue weighted by molar-refractivity contribution is 0.206. The van der Waals surface area contributed by atoms with Gasteiger partial charge in [-0.2, -0.15) is 0 Å². The van der Waals surface area contributed by atoms with Gasteiger partial charge in [-0.25, -0.2) is 8.42 Å². The standard InChI is InChI=1S/C17H27NO2S/c1-13-7-6-10-17(14(13)2)18-11-15-8-4-5-9-16(15)12-21(3,19)20/h4-5,8-9,13-14,17-18H,6-7,10-12H2,1-3H3/t13-,14+,17-/m1/s1. The Morgan fingerprint density at radius 1 is 1.14 bits per heavy atom. The molecule has 0 aliphatic heterocycles. The molecular formula is C17H27NO2S. The van der Waals surface area contributed by atoms with Crippen LogP contribution in [-0.2, 0) is 22.1 Å². The number of hydrogen-bond acceptors (Lipinski definition) is 3. The molecular weight excluding hydrogens is 282 g/mol. The van der Waals surface area contributed by atoms with Crippen molar-refractivity contribution in [2.24, 2.45) is 11.8 Å². The molecule has 3 nitrogen and oxygen atoms in total. The second-order valence-corrected chi connectivity index (χ2v) is 8.73. The van der Waals surface area contributed by atoms with Gasteiger partial charge in [0.25, 0.3) is 0 Å². The summed E-state index contributed by atoms with van der Waals surface area (Å²) in [6.45, 7) is 5.41. The van der Waals surface area contributed by atoms with Gasteiger partial charge in [-0.3, -0.25) is 0 Å². The van der Waals surface area contributed by atoms with Crippen LogP contribution in [0.1, 0.15) is 44.2 Å². The van der Waals surface area contributed by atoms with Gasteiger partial charge in [0, 0.05) is 18.8 Å². The van der Waals surface area contributed by atoms with Gasteiger partial charge in [0.05, 0.1) is 5.75 Å². The quantitative estimate of drug-likeness (QED) is 0.909. The van der Waals surface area contributed by atoms with Crippen LogP contribution in [0.4, 0.5) is 0 Å². The van der Waals surface area contributed by atoms with E-state index in [4.69, 9.17) is 0 Å². The van der Waals surface area contributed by atoms with Crippen molar-refractivity contribution in [1.82, 2.24) is 5.32 Å². The summed E-state index contributed by atoms with van der Waals surface area (Å²) >= 11 is 0. The number of hydrogen-bond donors (Lipinski definition) is 1. The Kier molecular flexibility index (Phi) is 5.44. The second-order valence-electron chi connectivity index (χ2n) is 6.59. The first-order valence-electron chi connectivity index (χ1n) is 7.84. The van der Waals surface area contributed by atoms with E-state index in [1.165, 1.54) is 25.5 Å². The van der Waals surface area contributed by atoms with Gasteiger partial charge in [0.15, 0.2) is 9.84 Å². The van der Waals surface area contributed by atoms with Crippen LogP contribution in [0, 0.1) is 11.8 Å². The van der Waals surface area contributed by atoms with Crippen molar-refractivity contribution in [1.29, 1.82) is 0 Å². The first-order chi connectivity index (χ1) is 9.87. The summed E-state index contributed by atoms with van der Waals surface area (Å²) in [5, 5.41) is 3.65.